The Morgan fingerprint density at radius 1 is 1.21 bits per heavy atom. The van der Waals surface area contributed by atoms with Crippen molar-refractivity contribution in [3.8, 4) is 5.75 Å². The monoisotopic (exact) mass is 368 g/mol. The van der Waals surface area contributed by atoms with Gasteiger partial charge in [0.2, 0.25) is 5.91 Å². The molecule has 0 spiro atoms. The van der Waals surface area contributed by atoms with Gasteiger partial charge in [-0.15, -0.1) is 12.4 Å². The van der Waals surface area contributed by atoms with Gasteiger partial charge in [-0.25, -0.2) is 0 Å². The Morgan fingerprint density at radius 3 is 2.42 bits per heavy atom. The van der Waals surface area contributed by atoms with Crippen molar-refractivity contribution >= 4 is 29.9 Å². The maximum absolute atomic E-state index is 12.1. The zero-order valence-electron chi connectivity index (χ0n) is 13.9. The summed E-state index contributed by atoms with van der Waals surface area (Å²) in [5.74, 6) is 0.535. The predicted molar refractivity (Wildman–Crippen MR) is 100 cm³/mol. The molecule has 0 saturated heterocycles. The first-order chi connectivity index (χ1) is 10.9. The van der Waals surface area contributed by atoms with Gasteiger partial charge < -0.3 is 15.8 Å². The Balaban J connectivity index is 0.00000288. The van der Waals surface area contributed by atoms with E-state index in [4.69, 9.17) is 22.1 Å². The second-order valence-corrected chi connectivity index (χ2v) is 5.88. The Bertz CT molecular complexity index is 705. The molecule has 0 radical (unpaired) electrons. The second kappa shape index (κ2) is 8.92. The second-order valence-electron chi connectivity index (χ2n) is 5.47. The Kier molecular flexibility index (Phi) is 7.55. The quantitative estimate of drug-likeness (QED) is 0.846. The Labute approximate surface area is 153 Å². The number of rotatable bonds is 5. The number of carbonyl (C=O) groups is 1. The Hall–Kier alpha value is -1.75. The highest BCUT2D eigenvalue weighted by atomic mass is 35.5. The van der Waals surface area contributed by atoms with E-state index in [1.807, 2.05) is 43.3 Å². The van der Waals surface area contributed by atoms with Gasteiger partial charge in [-0.05, 0) is 48.7 Å². The van der Waals surface area contributed by atoms with Gasteiger partial charge >= 0.3 is 0 Å². The van der Waals surface area contributed by atoms with Crippen LogP contribution in [0.2, 0.25) is 5.02 Å². The van der Waals surface area contributed by atoms with E-state index < -0.39 is 6.04 Å². The van der Waals surface area contributed by atoms with Gasteiger partial charge in [0.15, 0.2) is 0 Å². The van der Waals surface area contributed by atoms with E-state index in [1.165, 1.54) is 0 Å². The Morgan fingerprint density at radius 2 is 1.88 bits per heavy atom. The molecule has 0 bridgehead atoms. The molecule has 1 amide bonds. The van der Waals surface area contributed by atoms with Gasteiger partial charge in [0.05, 0.1) is 19.2 Å². The summed E-state index contributed by atoms with van der Waals surface area (Å²) in [6.07, 6.45) is 0. The van der Waals surface area contributed by atoms with Crippen LogP contribution >= 0.6 is 24.0 Å². The van der Waals surface area contributed by atoms with Crippen LogP contribution in [-0.4, -0.2) is 19.1 Å². The number of methoxy groups -OCH3 is 1. The summed E-state index contributed by atoms with van der Waals surface area (Å²) in [7, 11) is 1.62. The standard InChI is InChI=1S/C18H21ClN2O2.ClH/c1-11-10-13(23-3)8-9-14(11)17(21-18(22)12(2)20)15-6-4-5-7-16(15)19;/h4-10,12,17H,20H2,1-3H3,(H,21,22);1H/t12-,17?;/m1./s1. The molecule has 3 N–H and O–H groups in total. The highest BCUT2D eigenvalue weighted by molar-refractivity contribution is 6.31. The number of halogens is 2. The summed E-state index contributed by atoms with van der Waals surface area (Å²) in [6, 6.07) is 12.2. The zero-order valence-corrected chi connectivity index (χ0v) is 15.4. The van der Waals surface area contributed by atoms with Gasteiger partial charge in [0.1, 0.15) is 5.75 Å². The third kappa shape index (κ3) is 4.63. The van der Waals surface area contributed by atoms with Gasteiger partial charge in [-0.1, -0.05) is 35.9 Å². The minimum absolute atomic E-state index is 0. The molecule has 2 rings (SSSR count). The fraction of sp³-hybridized carbons (Fsp3) is 0.278. The fourth-order valence-electron chi connectivity index (χ4n) is 2.41. The molecule has 0 saturated carbocycles. The predicted octanol–water partition coefficient (Wildman–Crippen LogP) is 3.63. The van der Waals surface area contributed by atoms with Crippen molar-refractivity contribution in [2.24, 2.45) is 5.73 Å². The van der Waals surface area contributed by atoms with Gasteiger partial charge in [-0.2, -0.15) is 0 Å². The number of nitrogens with two attached hydrogens (primary N) is 1. The molecule has 0 aliphatic carbocycles. The summed E-state index contributed by atoms with van der Waals surface area (Å²) < 4.78 is 5.25. The van der Waals surface area contributed by atoms with Gasteiger partial charge in [-0.3, -0.25) is 4.79 Å². The third-order valence-electron chi connectivity index (χ3n) is 3.70. The number of carbonyl (C=O) groups excluding carboxylic acids is 1. The molecular weight excluding hydrogens is 347 g/mol. The van der Waals surface area contributed by atoms with Crippen molar-refractivity contribution in [1.82, 2.24) is 5.32 Å². The van der Waals surface area contributed by atoms with Crippen molar-refractivity contribution in [1.29, 1.82) is 0 Å². The molecule has 2 aromatic rings. The van der Waals surface area contributed by atoms with Crippen molar-refractivity contribution in [2.45, 2.75) is 25.9 Å². The van der Waals surface area contributed by atoms with Crippen molar-refractivity contribution in [2.75, 3.05) is 7.11 Å². The largest absolute Gasteiger partial charge is 0.497 e. The molecule has 4 nitrogen and oxygen atoms in total. The van der Waals surface area contributed by atoms with E-state index in [9.17, 15) is 4.79 Å². The van der Waals surface area contributed by atoms with E-state index >= 15 is 0 Å². The summed E-state index contributed by atoms with van der Waals surface area (Å²) in [5.41, 5.74) is 8.48. The van der Waals surface area contributed by atoms with Crippen LogP contribution < -0.4 is 15.8 Å². The summed E-state index contributed by atoms with van der Waals surface area (Å²) in [4.78, 5) is 12.1. The van der Waals surface area contributed by atoms with Crippen molar-refractivity contribution in [3.63, 3.8) is 0 Å². The number of benzene rings is 2. The molecule has 1 unspecified atom stereocenters. The summed E-state index contributed by atoms with van der Waals surface area (Å²) >= 11 is 6.34. The number of hydrogen-bond donors (Lipinski definition) is 2. The van der Waals surface area contributed by atoms with Crippen LogP contribution in [-0.2, 0) is 4.79 Å². The van der Waals surface area contributed by atoms with Crippen LogP contribution in [0.3, 0.4) is 0 Å². The molecule has 24 heavy (non-hydrogen) atoms. The topological polar surface area (TPSA) is 64.3 Å². The van der Waals surface area contributed by atoms with Crippen molar-refractivity contribution < 1.29 is 9.53 Å². The van der Waals surface area contributed by atoms with Crippen LogP contribution in [0, 0.1) is 6.92 Å². The van der Waals surface area contributed by atoms with E-state index in [0.29, 0.717) is 5.02 Å². The maximum atomic E-state index is 12.1. The lowest BCUT2D eigenvalue weighted by atomic mass is 9.94. The van der Waals surface area contributed by atoms with E-state index in [1.54, 1.807) is 20.1 Å². The fourth-order valence-corrected chi connectivity index (χ4v) is 2.65. The highest BCUT2D eigenvalue weighted by Crippen LogP contribution is 2.31. The van der Waals surface area contributed by atoms with E-state index in [-0.39, 0.29) is 24.4 Å². The minimum atomic E-state index is -0.599. The first-order valence-electron chi connectivity index (χ1n) is 7.39. The molecule has 2 aromatic carbocycles. The van der Waals surface area contributed by atoms with E-state index in [0.717, 1.165) is 22.4 Å². The van der Waals surface area contributed by atoms with Crippen molar-refractivity contribution in [3.05, 3.63) is 64.2 Å². The first-order valence-corrected chi connectivity index (χ1v) is 7.76. The smallest absolute Gasteiger partial charge is 0.237 e. The van der Waals surface area contributed by atoms with E-state index in [2.05, 4.69) is 5.32 Å². The average molecular weight is 369 g/mol. The van der Waals surface area contributed by atoms with Crippen LogP contribution in [0.5, 0.6) is 5.75 Å². The number of amides is 1. The molecule has 2 atom stereocenters. The molecule has 0 aliphatic rings. The molecule has 0 aromatic heterocycles. The molecule has 0 fully saturated rings. The summed E-state index contributed by atoms with van der Waals surface area (Å²) in [6.45, 7) is 3.62. The minimum Gasteiger partial charge on any atom is -0.497 e. The normalized spacial score (nSPS) is 12.7. The van der Waals surface area contributed by atoms with Crippen LogP contribution in [0.1, 0.15) is 29.7 Å². The van der Waals surface area contributed by atoms with Crippen LogP contribution in [0.25, 0.3) is 0 Å². The molecule has 0 heterocycles. The number of aryl methyl sites for hydroxylation is 1. The number of hydrogen-bond acceptors (Lipinski definition) is 3. The van der Waals surface area contributed by atoms with Crippen LogP contribution in [0.15, 0.2) is 42.5 Å². The lowest BCUT2D eigenvalue weighted by Crippen LogP contribution is -2.40. The lowest BCUT2D eigenvalue weighted by Gasteiger charge is -2.24. The molecule has 6 heteroatoms. The average Bonchev–Trinajstić information content (AvgIpc) is 2.53. The lowest BCUT2D eigenvalue weighted by molar-refractivity contribution is -0.122. The summed E-state index contributed by atoms with van der Waals surface area (Å²) in [5, 5.41) is 3.57. The molecular formula is C18H22Cl2N2O2. The SMILES string of the molecule is COc1ccc(C(NC(=O)[C@@H](C)N)c2ccccc2Cl)c(C)c1.Cl. The van der Waals surface area contributed by atoms with Gasteiger partial charge in [0.25, 0.3) is 0 Å². The number of ether oxygens (including phenoxy) is 1. The third-order valence-corrected chi connectivity index (χ3v) is 4.05. The molecule has 130 valence electrons. The first kappa shape index (κ1) is 20.3. The zero-order chi connectivity index (χ0) is 17.0. The van der Waals surface area contributed by atoms with Crippen LogP contribution in [0.4, 0.5) is 0 Å². The maximum Gasteiger partial charge on any atom is 0.237 e. The highest BCUT2D eigenvalue weighted by Gasteiger charge is 2.22. The number of nitrogens with one attached hydrogen (secondary N) is 1. The molecule has 0 aliphatic heterocycles. The van der Waals surface area contributed by atoms with Gasteiger partial charge in [0, 0.05) is 5.02 Å².